The Kier molecular flexibility index (Phi) is 8.52. The highest BCUT2D eigenvalue weighted by Crippen LogP contribution is 2.52. The van der Waals surface area contributed by atoms with Crippen LogP contribution in [0.25, 0.3) is 111 Å². The number of hydrogen-bond acceptors (Lipinski definition) is 3. The Morgan fingerprint density at radius 1 is 0.302 bits per heavy atom. The molecule has 63 heavy (non-hydrogen) atoms. The Bertz CT molecular complexity index is 3570. The number of fused-ring (bicyclic) bond motifs is 7. The number of nitrogens with zero attached hydrogens (tertiary/aromatic N) is 3. The van der Waals surface area contributed by atoms with Crippen molar-refractivity contribution < 1.29 is 0 Å². The topological polar surface area (TPSA) is 38.7 Å². The van der Waals surface area contributed by atoms with E-state index >= 15 is 0 Å². The van der Waals surface area contributed by atoms with Gasteiger partial charge in [-0.2, -0.15) is 0 Å². The van der Waals surface area contributed by atoms with Crippen LogP contribution in [0.5, 0.6) is 0 Å². The van der Waals surface area contributed by atoms with Gasteiger partial charge in [-0.1, -0.05) is 214 Å². The monoisotopic (exact) mass is 803 g/mol. The maximum absolute atomic E-state index is 5.20. The molecule has 10 aromatic carbocycles. The molecule has 0 saturated carbocycles. The fourth-order valence-corrected chi connectivity index (χ4v) is 10.0. The van der Waals surface area contributed by atoms with Crippen LogP contribution in [0.2, 0.25) is 0 Å². The normalized spacial score (nSPS) is 12.7. The van der Waals surface area contributed by atoms with Crippen LogP contribution in [0.15, 0.2) is 212 Å². The summed E-state index contributed by atoms with van der Waals surface area (Å²) in [6.07, 6.45) is 0. The molecule has 0 saturated heterocycles. The van der Waals surface area contributed by atoms with Gasteiger partial charge in [-0.25, -0.2) is 15.0 Å². The van der Waals surface area contributed by atoms with E-state index < -0.39 is 0 Å². The molecule has 0 amide bonds. The van der Waals surface area contributed by atoms with Crippen molar-refractivity contribution in [2.45, 2.75) is 19.3 Å². The summed E-state index contributed by atoms with van der Waals surface area (Å²) in [6.45, 7) is 4.68. The molecule has 1 heterocycles. The minimum atomic E-state index is -0.113. The van der Waals surface area contributed by atoms with Crippen molar-refractivity contribution >= 4 is 32.3 Å². The van der Waals surface area contributed by atoms with E-state index in [1.54, 1.807) is 0 Å². The van der Waals surface area contributed by atoms with Crippen LogP contribution in [0.1, 0.15) is 25.0 Å². The number of rotatable bonds is 6. The molecular formula is C60H41N3. The van der Waals surface area contributed by atoms with Crippen LogP contribution in [0.4, 0.5) is 0 Å². The van der Waals surface area contributed by atoms with E-state index in [2.05, 4.69) is 220 Å². The minimum Gasteiger partial charge on any atom is -0.208 e. The second-order valence-electron chi connectivity index (χ2n) is 17.2. The largest absolute Gasteiger partial charge is 0.208 e. The van der Waals surface area contributed by atoms with Gasteiger partial charge in [0.1, 0.15) is 0 Å². The Morgan fingerprint density at radius 3 is 1.60 bits per heavy atom. The van der Waals surface area contributed by atoms with Crippen molar-refractivity contribution in [3.63, 3.8) is 0 Å². The van der Waals surface area contributed by atoms with E-state index in [9.17, 15) is 0 Å². The SMILES string of the molecule is CC1(C)c2ccccc2-c2cccc(-c3ccc(-c4nc(-c5ccc(-c6c7ccccc7cc7c6ccc6ccccc67)cc5)nc(-c5cccc(-c6ccccc6)c5)n4)cc3)c21. The molecule has 0 bridgehead atoms. The molecule has 0 unspecified atom stereocenters. The average molecular weight is 804 g/mol. The molecule has 1 aliphatic carbocycles. The number of hydrogen-bond donors (Lipinski definition) is 0. The van der Waals surface area contributed by atoms with Gasteiger partial charge in [0.05, 0.1) is 0 Å². The fraction of sp³-hybridized carbons (Fsp3) is 0.0500. The van der Waals surface area contributed by atoms with Gasteiger partial charge in [-0.3, -0.25) is 0 Å². The first-order chi connectivity index (χ1) is 31.0. The van der Waals surface area contributed by atoms with Gasteiger partial charge in [0.25, 0.3) is 0 Å². The number of aromatic nitrogens is 3. The highest BCUT2D eigenvalue weighted by molar-refractivity contribution is 6.20. The van der Waals surface area contributed by atoms with Crippen LogP contribution in [-0.2, 0) is 5.41 Å². The van der Waals surface area contributed by atoms with Crippen molar-refractivity contribution in [2.75, 3.05) is 0 Å². The Balaban J connectivity index is 0.975. The smallest absolute Gasteiger partial charge is 0.164 e. The molecular weight excluding hydrogens is 763 g/mol. The third-order valence-corrected chi connectivity index (χ3v) is 13.1. The second-order valence-corrected chi connectivity index (χ2v) is 17.2. The van der Waals surface area contributed by atoms with Gasteiger partial charge in [0.2, 0.25) is 0 Å². The predicted octanol–water partition coefficient (Wildman–Crippen LogP) is 15.6. The zero-order valence-electron chi connectivity index (χ0n) is 35.0. The lowest BCUT2D eigenvalue weighted by molar-refractivity contribution is 0.662. The minimum absolute atomic E-state index is 0.113. The van der Waals surface area contributed by atoms with Crippen molar-refractivity contribution in [1.29, 1.82) is 0 Å². The lowest BCUT2D eigenvalue weighted by atomic mass is 9.79. The molecule has 296 valence electrons. The summed E-state index contributed by atoms with van der Waals surface area (Å²) in [4.78, 5) is 15.6. The molecule has 3 heteroatoms. The van der Waals surface area contributed by atoms with Crippen molar-refractivity contribution in [3.05, 3.63) is 223 Å². The van der Waals surface area contributed by atoms with Crippen LogP contribution in [0, 0.1) is 0 Å². The van der Waals surface area contributed by atoms with Gasteiger partial charge in [0, 0.05) is 22.1 Å². The van der Waals surface area contributed by atoms with Crippen molar-refractivity contribution in [1.82, 2.24) is 15.0 Å². The second kappa shape index (κ2) is 14.6. The van der Waals surface area contributed by atoms with Gasteiger partial charge in [-0.05, 0) is 100 Å². The van der Waals surface area contributed by atoms with Crippen molar-refractivity contribution in [3.8, 4) is 78.7 Å². The average Bonchev–Trinajstić information content (AvgIpc) is 3.59. The summed E-state index contributed by atoms with van der Waals surface area (Å²) in [5.74, 6) is 1.90. The maximum atomic E-state index is 5.20. The van der Waals surface area contributed by atoms with Gasteiger partial charge >= 0.3 is 0 Å². The zero-order valence-corrected chi connectivity index (χ0v) is 35.0. The first-order valence-electron chi connectivity index (χ1n) is 21.7. The molecule has 1 aromatic heterocycles. The molecule has 0 atom stereocenters. The summed E-state index contributed by atoms with van der Waals surface area (Å²) in [6, 6.07) is 76.2. The van der Waals surface area contributed by atoms with E-state index in [0.717, 1.165) is 33.4 Å². The van der Waals surface area contributed by atoms with E-state index in [-0.39, 0.29) is 5.41 Å². The molecule has 3 nitrogen and oxygen atoms in total. The first-order valence-corrected chi connectivity index (χ1v) is 21.7. The van der Waals surface area contributed by atoms with E-state index in [4.69, 9.17) is 15.0 Å². The summed E-state index contributed by atoms with van der Waals surface area (Å²) in [5.41, 5.74) is 15.1. The van der Waals surface area contributed by atoms with E-state index in [1.807, 2.05) is 6.07 Å². The van der Waals surface area contributed by atoms with Crippen LogP contribution in [-0.4, -0.2) is 15.0 Å². The molecule has 0 fully saturated rings. The quantitative estimate of drug-likeness (QED) is 0.124. The third-order valence-electron chi connectivity index (χ3n) is 13.1. The Morgan fingerprint density at radius 2 is 0.841 bits per heavy atom. The maximum Gasteiger partial charge on any atom is 0.164 e. The Hall–Kier alpha value is -8.01. The molecule has 0 aliphatic heterocycles. The molecule has 0 spiro atoms. The number of benzene rings is 10. The van der Waals surface area contributed by atoms with Gasteiger partial charge in [0.15, 0.2) is 17.5 Å². The summed E-state index contributed by atoms with van der Waals surface area (Å²) in [5, 5.41) is 7.45. The zero-order chi connectivity index (χ0) is 42.1. The molecule has 0 N–H and O–H groups in total. The lowest BCUT2D eigenvalue weighted by Gasteiger charge is -2.24. The van der Waals surface area contributed by atoms with Crippen molar-refractivity contribution in [2.24, 2.45) is 0 Å². The summed E-state index contributed by atoms with van der Waals surface area (Å²) in [7, 11) is 0. The standard InChI is InChI=1S/C60H41N3/c1-60(2)54-25-11-10-22-50(54)52-24-13-23-49(56(52)60)40-26-30-42(31-27-40)57-61-58(63-59(62-57)46-19-12-18-44(36-46)38-14-4-3-5-15-38)43-32-28-41(29-33-43)55-48-21-9-7-17-45(48)37-53-47-20-8-6-16-39(47)34-35-51(53)55/h3-37H,1-2H3. The van der Waals surface area contributed by atoms with Gasteiger partial charge < -0.3 is 0 Å². The molecule has 12 rings (SSSR count). The van der Waals surface area contributed by atoms with Crippen LogP contribution in [0.3, 0.4) is 0 Å². The highest BCUT2D eigenvalue weighted by atomic mass is 15.0. The molecule has 11 aromatic rings. The van der Waals surface area contributed by atoms with E-state index in [1.165, 1.54) is 71.3 Å². The fourth-order valence-electron chi connectivity index (χ4n) is 10.0. The van der Waals surface area contributed by atoms with Gasteiger partial charge in [-0.15, -0.1) is 0 Å². The van der Waals surface area contributed by atoms with Crippen LogP contribution >= 0.6 is 0 Å². The summed E-state index contributed by atoms with van der Waals surface area (Å²) < 4.78 is 0. The molecule has 0 radical (unpaired) electrons. The summed E-state index contributed by atoms with van der Waals surface area (Å²) >= 11 is 0. The lowest BCUT2D eigenvalue weighted by Crippen LogP contribution is -2.16. The van der Waals surface area contributed by atoms with E-state index in [0.29, 0.717) is 17.5 Å². The molecule has 1 aliphatic rings. The third kappa shape index (κ3) is 6.15. The van der Waals surface area contributed by atoms with Crippen LogP contribution < -0.4 is 0 Å². The highest BCUT2D eigenvalue weighted by Gasteiger charge is 2.37. The predicted molar refractivity (Wildman–Crippen MR) is 263 cm³/mol. The first kappa shape index (κ1) is 36.8. The Labute approximate surface area is 367 Å².